The van der Waals surface area contributed by atoms with Gasteiger partial charge in [0.05, 0.1) is 34.8 Å². The van der Waals surface area contributed by atoms with Gasteiger partial charge in [0.1, 0.15) is 30.3 Å². The standard InChI is InChI=1S/C27H26ClN5O4/c1-18(27(34)33-11-13-35-14-12-33)37-24-7-4-6-22-25(24)26(31-17-30-22)32-19-8-9-23(21(28)15-19)36-16-20-5-2-3-10-29-20/h2-10,15,17-18H,11-14,16H2,1H3,(H,30,31,32)/t18-/m1/s1. The van der Waals surface area contributed by atoms with Crippen molar-refractivity contribution >= 4 is 39.9 Å². The molecule has 190 valence electrons. The lowest BCUT2D eigenvalue weighted by atomic mass is 10.2. The summed E-state index contributed by atoms with van der Waals surface area (Å²) in [5, 5.41) is 4.41. The van der Waals surface area contributed by atoms with Crippen molar-refractivity contribution in [3.63, 3.8) is 0 Å². The predicted molar refractivity (Wildman–Crippen MR) is 140 cm³/mol. The number of nitrogens with one attached hydrogen (secondary N) is 1. The Balaban J connectivity index is 1.34. The number of rotatable bonds is 8. The lowest BCUT2D eigenvalue weighted by molar-refractivity contribution is -0.142. The molecule has 4 aromatic rings. The lowest BCUT2D eigenvalue weighted by Gasteiger charge is -2.29. The number of anilines is 2. The second kappa shape index (κ2) is 11.4. The van der Waals surface area contributed by atoms with Gasteiger partial charge in [0, 0.05) is 25.0 Å². The van der Waals surface area contributed by atoms with Gasteiger partial charge in [-0.05, 0) is 49.4 Å². The Bertz CT molecular complexity index is 1380. The molecule has 9 nitrogen and oxygen atoms in total. The number of carbonyl (C=O) groups excluding carboxylic acids is 1. The maximum atomic E-state index is 12.9. The molecule has 2 aromatic carbocycles. The second-order valence-electron chi connectivity index (χ2n) is 8.45. The third kappa shape index (κ3) is 5.90. The molecule has 0 unspecified atom stereocenters. The van der Waals surface area contributed by atoms with Crippen LogP contribution in [0.4, 0.5) is 11.5 Å². The molecular weight excluding hydrogens is 494 g/mol. The van der Waals surface area contributed by atoms with Crippen LogP contribution in [0.1, 0.15) is 12.6 Å². The molecule has 1 aliphatic rings. The maximum Gasteiger partial charge on any atom is 0.263 e. The molecule has 0 saturated carbocycles. The molecule has 1 saturated heterocycles. The van der Waals surface area contributed by atoms with Gasteiger partial charge >= 0.3 is 0 Å². The van der Waals surface area contributed by atoms with E-state index in [1.54, 1.807) is 30.2 Å². The summed E-state index contributed by atoms with van der Waals surface area (Å²) in [6, 6.07) is 16.6. The summed E-state index contributed by atoms with van der Waals surface area (Å²) >= 11 is 6.49. The van der Waals surface area contributed by atoms with Gasteiger partial charge in [-0.3, -0.25) is 9.78 Å². The highest BCUT2D eigenvalue weighted by Crippen LogP contribution is 2.34. The Morgan fingerprint density at radius 1 is 1.08 bits per heavy atom. The molecule has 0 aliphatic carbocycles. The average molecular weight is 520 g/mol. The summed E-state index contributed by atoms with van der Waals surface area (Å²) in [5.74, 6) is 1.51. The van der Waals surface area contributed by atoms with Crippen molar-refractivity contribution in [2.24, 2.45) is 0 Å². The zero-order valence-electron chi connectivity index (χ0n) is 20.3. The van der Waals surface area contributed by atoms with Crippen LogP contribution in [-0.2, 0) is 16.1 Å². The van der Waals surface area contributed by atoms with Crippen molar-refractivity contribution in [2.75, 3.05) is 31.6 Å². The van der Waals surface area contributed by atoms with Crippen molar-refractivity contribution in [1.82, 2.24) is 19.9 Å². The van der Waals surface area contributed by atoms with Gasteiger partial charge in [0.15, 0.2) is 6.10 Å². The van der Waals surface area contributed by atoms with E-state index < -0.39 is 6.10 Å². The van der Waals surface area contributed by atoms with E-state index in [9.17, 15) is 4.79 Å². The summed E-state index contributed by atoms with van der Waals surface area (Å²) in [7, 11) is 0. The summed E-state index contributed by atoms with van der Waals surface area (Å²) in [4.78, 5) is 27.7. The molecule has 1 atom stereocenters. The molecule has 5 rings (SSSR count). The van der Waals surface area contributed by atoms with Crippen LogP contribution < -0.4 is 14.8 Å². The molecule has 10 heteroatoms. The van der Waals surface area contributed by atoms with Crippen LogP contribution in [0.3, 0.4) is 0 Å². The Morgan fingerprint density at radius 2 is 1.95 bits per heavy atom. The molecule has 1 fully saturated rings. The lowest BCUT2D eigenvalue weighted by Crippen LogP contribution is -2.46. The Labute approximate surface area is 219 Å². The van der Waals surface area contributed by atoms with E-state index in [0.717, 1.165) is 5.69 Å². The number of benzene rings is 2. The maximum absolute atomic E-state index is 12.9. The number of aromatic nitrogens is 3. The number of hydrogen-bond donors (Lipinski definition) is 1. The van der Waals surface area contributed by atoms with Crippen molar-refractivity contribution in [3.05, 3.63) is 77.8 Å². The quantitative estimate of drug-likeness (QED) is 0.360. The van der Waals surface area contributed by atoms with Gasteiger partial charge in [-0.25, -0.2) is 9.97 Å². The van der Waals surface area contributed by atoms with Gasteiger partial charge in [0.25, 0.3) is 5.91 Å². The fourth-order valence-electron chi connectivity index (χ4n) is 4.02. The highest BCUT2D eigenvalue weighted by atomic mass is 35.5. The van der Waals surface area contributed by atoms with Crippen LogP contribution in [0.2, 0.25) is 5.02 Å². The number of nitrogens with zero attached hydrogens (tertiary/aromatic N) is 4. The Hall–Kier alpha value is -3.95. The van der Waals surface area contributed by atoms with Crippen molar-refractivity contribution in [1.29, 1.82) is 0 Å². The molecule has 1 aliphatic heterocycles. The second-order valence-corrected chi connectivity index (χ2v) is 8.86. The van der Waals surface area contributed by atoms with Crippen molar-refractivity contribution < 1.29 is 19.0 Å². The third-order valence-electron chi connectivity index (χ3n) is 5.90. The van der Waals surface area contributed by atoms with Crippen LogP contribution >= 0.6 is 11.6 Å². The highest BCUT2D eigenvalue weighted by Gasteiger charge is 2.25. The van der Waals surface area contributed by atoms with Crippen molar-refractivity contribution in [2.45, 2.75) is 19.6 Å². The van der Waals surface area contributed by atoms with E-state index in [4.69, 9.17) is 25.8 Å². The molecule has 0 spiro atoms. The zero-order chi connectivity index (χ0) is 25.6. The monoisotopic (exact) mass is 519 g/mol. The van der Waals surface area contributed by atoms with Crippen LogP contribution in [0.25, 0.3) is 10.9 Å². The minimum atomic E-state index is -0.679. The molecule has 1 amide bonds. The summed E-state index contributed by atoms with van der Waals surface area (Å²) in [5.41, 5.74) is 2.20. The number of fused-ring (bicyclic) bond motifs is 1. The van der Waals surface area contributed by atoms with E-state index in [1.807, 2.05) is 42.5 Å². The number of halogens is 1. The molecule has 37 heavy (non-hydrogen) atoms. The molecule has 0 bridgehead atoms. The van der Waals surface area contributed by atoms with E-state index in [1.165, 1.54) is 6.33 Å². The number of carbonyl (C=O) groups is 1. The number of hydrogen-bond acceptors (Lipinski definition) is 8. The first-order valence-corrected chi connectivity index (χ1v) is 12.3. The topological polar surface area (TPSA) is 98.7 Å². The van der Waals surface area contributed by atoms with E-state index in [0.29, 0.717) is 71.8 Å². The average Bonchev–Trinajstić information content (AvgIpc) is 2.93. The fraction of sp³-hybridized carbons (Fsp3) is 0.259. The SMILES string of the molecule is C[C@@H](Oc1cccc2ncnc(Nc3ccc(OCc4ccccn4)c(Cl)c3)c12)C(=O)N1CCOCC1. The largest absolute Gasteiger partial charge is 0.486 e. The number of amides is 1. The Kier molecular flexibility index (Phi) is 7.62. The molecule has 2 aromatic heterocycles. The highest BCUT2D eigenvalue weighted by molar-refractivity contribution is 6.32. The van der Waals surface area contributed by atoms with E-state index in [-0.39, 0.29) is 5.91 Å². The molecule has 1 N–H and O–H groups in total. The Morgan fingerprint density at radius 3 is 2.73 bits per heavy atom. The first-order chi connectivity index (χ1) is 18.1. The van der Waals surface area contributed by atoms with Gasteiger partial charge in [0.2, 0.25) is 0 Å². The fourth-order valence-corrected chi connectivity index (χ4v) is 4.26. The normalized spacial score (nSPS) is 14.3. The van der Waals surface area contributed by atoms with Gasteiger partial charge in [-0.15, -0.1) is 0 Å². The smallest absolute Gasteiger partial charge is 0.263 e. The van der Waals surface area contributed by atoms with Gasteiger partial charge in [-0.1, -0.05) is 23.7 Å². The summed E-state index contributed by atoms with van der Waals surface area (Å²) < 4.78 is 17.3. The van der Waals surface area contributed by atoms with Crippen LogP contribution in [-0.4, -0.2) is 58.2 Å². The minimum absolute atomic E-state index is 0.0836. The zero-order valence-corrected chi connectivity index (χ0v) is 21.0. The summed E-state index contributed by atoms with van der Waals surface area (Å²) in [6.45, 7) is 4.23. The number of morpholine rings is 1. The van der Waals surface area contributed by atoms with Gasteiger partial charge < -0.3 is 24.4 Å². The third-order valence-corrected chi connectivity index (χ3v) is 6.19. The number of pyridine rings is 1. The molecular formula is C27H26ClN5O4. The minimum Gasteiger partial charge on any atom is -0.486 e. The number of ether oxygens (including phenoxy) is 3. The van der Waals surface area contributed by atoms with Crippen LogP contribution in [0, 0.1) is 0 Å². The van der Waals surface area contributed by atoms with E-state index >= 15 is 0 Å². The van der Waals surface area contributed by atoms with E-state index in [2.05, 4.69) is 20.3 Å². The van der Waals surface area contributed by atoms with Crippen LogP contribution in [0.5, 0.6) is 11.5 Å². The summed E-state index contributed by atoms with van der Waals surface area (Å²) in [6.07, 6.45) is 2.51. The first-order valence-electron chi connectivity index (χ1n) is 11.9. The molecule has 0 radical (unpaired) electrons. The predicted octanol–water partition coefficient (Wildman–Crippen LogP) is 4.63. The first kappa shape index (κ1) is 24.7. The van der Waals surface area contributed by atoms with Crippen molar-refractivity contribution in [3.8, 4) is 11.5 Å². The van der Waals surface area contributed by atoms with Gasteiger partial charge in [-0.2, -0.15) is 0 Å². The van der Waals surface area contributed by atoms with Crippen LogP contribution in [0.15, 0.2) is 67.1 Å². The molecule has 3 heterocycles.